The van der Waals surface area contributed by atoms with Gasteiger partial charge in [-0.05, 0) is 55.0 Å². The first-order valence-corrected chi connectivity index (χ1v) is 10.5. The summed E-state index contributed by atoms with van der Waals surface area (Å²) in [4.78, 5) is 33.1. The summed E-state index contributed by atoms with van der Waals surface area (Å²) >= 11 is 1.54. The number of nitrogens with one attached hydrogen (secondary N) is 2. The van der Waals surface area contributed by atoms with Crippen LogP contribution in [0.2, 0.25) is 0 Å². The maximum absolute atomic E-state index is 12.9. The average Bonchev–Trinajstić information content (AvgIpc) is 3.39. The Labute approximate surface area is 177 Å². The number of H-pyrrole nitrogens is 1. The third kappa shape index (κ3) is 3.95. The molecule has 2 N–H and O–H groups in total. The Balaban J connectivity index is 1.78. The van der Waals surface area contributed by atoms with Crippen LogP contribution in [0.5, 0.6) is 0 Å². The Morgan fingerprint density at radius 2 is 2.00 bits per heavy atom. The van der Waals surface area contributed by atoms with E-state index in [1.54, 1.807) is 23.5 Å². The van der Waals surface area contributed by atoms with Gasteiger partial charge in [-0.1, -0.05) is 19.1 Å². The lowest BCUT2D eigenvalue weighted by Crippen LogP contribution is -2.19. The van der Waals surface area contributed by atoms with Gasteiger partial charge in [0.25, 0.3) is 11.5 Å². The Hall–Kier alpha value is -3.52. The number of rotatable bonds is 5. The fourth-order valence-corrected chi connectivity index (χ4v) is 3.70. The van der Waals surface area contributed by atoms with E-state index in [1.807, 2.05) is 50.4 Å². The molecule has 4 rings (SSSR count). The molecule has 0 aliphatic rings. The van der Waals surface area contributed by atoms with Gasteiger partial charge in [0.15, 0.2) is 0 Å². The van der Waals surface area contributed by atoms with E-state index >= 15 is 0 Å². The van der Waals surface area contributed by atoms with Crippen molar-refractivity contribution < 1.29 is 4.79 Å². The zero-order chi connectivity index (χ0) is 21.3. The number of amides is 1. The van der Waals surface area contributed by atoms with Crippen molar-refractivity contribution in [3.8, 4) is 16.5 Å². The van der Waals surface area contributed by atoms with Crippen molar-refractivity contribution >= 4 is 23.1 Å². The van der Waals surface area contributed by atoms with Crippen molar-refractivity contribution in [2.75, 3.05) is 5.32 Å². The molecule has 0 bridgehead atoms. The van der Waals surface area contributed by atoms with Crippen molar-refractivity contribution in [3.05, 3.63) is 80.6 Å². The van der Waals surface area contributed by atoms with Gasteiger partial charge in [0.2, 0.25) is 5.95 Å². The van der Waals surface area contributed by atoms with Gasteiger partial charge in [-0.2, -0.15) is 9.78 Å². The molecule has 0 spiro atoms. The van der Waals surface area contributed by atoms with Crippen LogP contribution >= 0.6 is 11.3 Å². The fraction of sp³-hybridized carbons (Fsp3) is 0.182. The summed E-state index contributed by atoms with van der Waals surface area (Å²) in [5, 5.41) is 9.47. The van der Waals surface area contributed by atoms with E-state index in [0.29, 0.717) is 29.2 Å². The van der Waals surface area contributed by atoms with Gasteiger partial charge in [-0.15, -0.1) is 11.3 Å². The molecular weight excluding hydrogens is 398 g/mol. The largest absolute Gasteiger partial charge is 0.306 e. The normalized spacial score (nSPS) is 10.9. The Morgan fingerprint density at radius 1 is 1.17 bits per heavy atom. The molecule has 3 heterocycles. The number of aromatic nitrogens is 4. The quantitative estimate of drug-likeness (QED) is 0.509. The number of thiophene rings is 1. The first kappa shape index (κ1) is 19.8. The van der Waals surface area contributed by atoms with Gasteiger partial charge in [-0.3, -0.25) is 14.6 Å². The molecule has 8 heteroatoms. The van der Waals surface area contributed by atoms with Crippen LogP contribution in [-0.4, -0.2) is 25.7 Å². The van der Waals surface area contributed by atoms with E-state index < -0.39 is 0 Å². The second-order valence-electron chi connectivity index (χ2n) is 6.97. The standard InChI is InChI=1S/C22H21N5O2S/c1-4-16-11-20(28)25-22(23-16)27-19(12-17(26-27)18-6-5-9-30-18)24-21(29)15-8-7-13(2)14(3)10-15/h5-12H,4H2,1-3H3,(H,24,29)(H,23,25,28). The molecule has 0 aliphatic carbocycles. The highest BCUT2D eigenvalue weighted by atomic mass is 32.1. The minimum Gasteiger partial charge on any atom is -0.306 e. The molecule has 0 radical (unpaired) electrons. The molecule has 4 aromatic rings. The van der Waals surface area contributed by atoms with Crippen molar-refractivity contribution in [2.45, 2.75) is 27.2 Å². The average molecular weight is 420 g/mol. The molecule has 30 heavy (non-hydrogen) atoms. The lowest BCUT2D eigenvalue weighted by atomic mass is 10.1. The highest BCUT2D eigenvalue weighted by Crippen LogP contribution is 2.27. The summed E-state index contributed by atoms with van der Waals surface area (Å²) in [6.45, 7) is 5.90. The van der Waals surface area contributed by atoms with E-state index in [-0.39, 0.29) is 17.4 Å². The van der Waals surface area contributed by atoms with Crippen molar-refractivity contribution in [2.24, 2.45) is 0 Å². The topological polar surface area (TPSA) is 92.7 Å². The molecule has 0 saturated carbocycles. The minimum absolute atomic E-state index is 0.258. The van der Waals surface area contributed by atoms with Gasteiger partial charge < -0.3 is 5.32 Å². The van der Waals surface area contributed by atoms with Crippen LogP contribution in [0, 0.1) is 13.8 Å². The third-order valence-electron chi connectivity index (χ3n) is 4.84. The van der Waals surface area contributed by atoms with Crippen LogP contribution in [0.4, 0.5) is 5.82 Å². The SMILES string of the molecule is CCc1cc(=O)[nH]c(-n2nc(-c3cccs3)cc2NC(=O)c2ccc(C)c(C)c2)n1. The molecule has 152 valence electrons. The highest BCUT2D eigenvalue weighted by Gasteiger charge is 2.17. The van der Waals surface area contributed by atoms with Gasteiger partial charge in [0.1, 0.15) is 11.5 Å². The van der Waals surface area contributed by atoms with Gasteiger partial charge >= 0.3 is 0 Å². The maximum atomic E-state index is 12.9. The van der Waals surface area contributed by atoms with Crippen LogP contribution in [0.15, 0.2) is 52.6 Å². The van der Waals surface area contributed by atoms with E-state index in [0.717, 1.165) is 16.0 Å². The number of nitrogens with zero attached hydrogens (tertiary/aromatic N) is 3. The highest BCUT2D eigenvalue weighted by molar-refractivity contribution is 7.13. The molecule has 3 aromatic heterocycles. The summed E-state index contributed by atoms with van der Waals surface area (Å²) in [6, 6.07) is 12.7. The van der Waals surface area contributed by atoms with Crippen LogP contribution < -0.4 is 10.9 Å². The predicted molar refractivity (Wildman–Crippen MR) is 119 cm³/mol. The van der Waals surface area contributed by atoms with E-state index in [1.165, 1.54) is 10.7 Å². The summed E-state index contributed by atoms with van der Waals surface area (Å²) in [5.74, 6) is 0.432. The Morgan fingerprint density at radius 3 is 2.70 bits per heavy atom. The number of aryl methyl sites for hydroxylation is 3. The molecule has 0 atom stereocenters. The first-order chi connectivity index (χ1) is 14.4. The second kappa shape index (κ2) is 8.08. The molecule has 0 unspecified atom stereocenters. The molecule has 1 amide bonds. The first-order valence-electron chi connectivity index (χ1n) is 9.57. The zero-order valence-corrected chi connectivity index (χ0v) is 17.7. The van der Waals surface area contributed by atoms with Crippen LogP contribution in [0.1, 0.15) is 34.1 Å². The van der Waals surface area contributed by atoms with Crippen LogP contribution in [0.25, 0.3) is 16.5 Å². The Bertz CT molecular complexity index is 1270. The number of anilines is 1. The summed E-state index contributed by atoms with van der Waals surface area (Å²) in [5.41, 5.74) is 3.77. The number of carbonyl (C=O) groups excluding carboxylic acids is 1. The monoisotopic (exact) mass is 419 g/mol. The number of hydrogen-bond donors (Lipinski definition) is 2. The van der Waals surface area contributed by atoms with Gasteiger partial charge in [0, 0.05) is 23.4 Å². The molecule has 0 fully saturated rings. The molecule has 1 aromatic carbocycles. The summed E-state index contributed by atoms with van der Waals surface area (Å²) in [7, 11) is 0. The van der Waals surface area contributed by atoms with Crippen molar-refractivity contribution in [1.82, 2.24) is 19.7 Å². The third-order valence-corrected chi connectivity index (χ3v) is 5.73. The molecule has 0 saturated heterocycles. The fourth-order valence-electron chi connectivity index (χ4n) is 3.02. The number of aromatic amines is 1. The number of benzene rings is 1. The second-order valence-corrected chi connectivity index (χ2v) is 7.92. The van der Waals surface area contributed by atoms with E-state index in [4.69, 9.17) is 0 Å². The number of hydrogen-bond acceptors (Lipinski definition) is 5. The number of carbonyl (C=O) groups is 1. The summed E-state index contributed by atoms with van der Waals surface area (Å²) < 4.78 is 1.47. The lowest BCUT2D eigenvalue weighted by Gasteiger charge is -2.09. The smallest absolute Gasteiger partial charge is 0.256 e. The maximum Gasteiger partial charge on any atom is 0.256 e. The van der Waals surface area contributed by atoms with E-state index in [2.05, 4.69) is 20.4 Å². The lowest BCUT2D eigenvalue weighted by molar-refractivity contribution is 0.102. The summed E-state index contributed by atoms with van der Waals surface area (Å²) in [6.07, 6.45) is 0.611. The predicted octanol–water partition coefficient (Wildman–Crippen LogP) is 4.12. The van der Waals surface area contributed by atoms with Crippen LogP contribution in [0.3, 0.4) is 0 Å². The van der Waals surface area contributed by atoms with Gasteiger partial charge in [-0.25, -0.2) is 4.98 Å². The van der Waals surface area contributed by atoms with Gasteiger partial charge in [0.05, 0.1) is 4.88 Å². The molecular formula is C22H21N5O2S. The zero-order valence-electron chi connectivity index (χ0n) is 16.9. The molecule has 7 nitrogen and oxygen atoms in total. The minimum atomic E-state index is -0.267. The van der Waals surface area contributed by atoms with Crippen molar-refractivity contribution in [3.63, 3.8) is 0 Å². The van der Waals surface area contributed by atoms with E-state index in [9.17, 15) is 9.59 Å². The van der Waals surface area contributed by atoms with Crippen LogP contribution in [-0.2, 0) is 6.42 Å². The Kier molecular flexibility index (Phi) is 5.33. The molecule has 0 aliphatic heterocycles. The van der Waals surface area contributed by atoms with Crippen molar-refractivity contribution in [1.29, 1.82) is 0 Å².